The van der Waals surface area contributed by atoms with E-state index in [9.17, 15) is 4.79 Å². The van der Waals surface area contributed by atoms with E-state index in [0.717, 1.165) is 0 Å². The van der Waals surface area contributed by atoms with Crippen molar-refractivity contribution in [1.82, 2.24) is 5.32 Å². The van der Waals surface area contributed by atoms with Crippen LogP contribution < -0.4 is 5.32 Å². The van der Waals surface area contributed by atoms with Crippen molar-refractivity contribution in [2.24, 2.45) is 0 Å². The molecule has 0 atom stereocenters. The predicted octanol–water partition coefficient (Wildman–Crippen LogP) is -0.534. The number of aliphatic carboxylic acids is 1. The molecule has 1 heterocycles. The summed E-state index contributed by atoms with van der Waals surface area (Å²) >= 11 is 0. The Morgan fingerprint density at radius 3 is 2.38 bits per heavy atom. The Balaban J connectivity index is 2.58. The number of hydrogen-bond acceptors (Lipinski definition) is 4. The number of likely N-dealkylation sites (N-methyl/N-ethyl adjacent to an activating group) is 1. The fraction of sp³-hybridized carbons (Fsp3) is 0.875. The zero-order chi connectivity index (χ0) is 9.73. The van der Waals surface area contributed by atoms with E-state index in [1.807, 2.05) is 0 Å². The van der Waals surface area contributed by atoms with Gasteiger partial charge in [0.25, 0.3) is 0 Å². The summed E-state index contributed by atoms with van der Waals surface area (Å²) in [5.41, 5.74) is -0.567. The number of rotatable bonds is 3. The number of ether oxygens (including phenoxy) is 2. The largest absolute Gasteiger partial charge is 0.481 e. The lowest BCUT2D eigenvalue weighted by atomic mass is 9.98. The number of carboxylic acid groups (broad SMARTS) is 1. The van der Waals surface area contributed by atoms with Gasteiger partial charge in [0.15, 0.2) is 0 Å². The standard InChI is InChI=1S/C8H15NO4/c1-9-8(4-7(10)11)5-12-2-3-13-6-8/h9H,2-6H2,1H3,(H,10,11). The smallest absolute Gasteiger partial charge is 0.305 e. The first kappa shape index (κ1) is 10.4. The maximum absolute atomic E-state index is 10.6. The molecule has 1 fully saturated rings. The number of carboxylic acids is 1. The van der Waals surface area contributed by atoms with E-state index >= 15 is 0 Å². The van der Waals surface area contributed by atoms with Crippen LogP contribution in [0.1, 0.15) is 6.42 Å². The molecular weight excluding hydrogens is 174 g/mol. The second-order valence-electron chi connectivity index (χ2n) is 3.21. The summed E-state index contributed by atoms with van der Waals surface area (Å²) in [6.45, 7) is 1.83. The molecule has 5 nitrogen and oxygen atoms in total. The molecule has 1 rings (SSSR count). The SMILES string of the molecule is CNC1(CC(=O)O)COCCOC1. The van der Waals surface area contributed by atoms with Gasteiger partial charge in [-0.15, -0.1) is 0 Å². The summed E-state index contributed by atoms with van der Waals surface area (Å²) in [6.07, 6.45) is 0.0174. The second-order valence-corrected chi connectivity index (χ2v) is 3.21. The van der Waals surface area contributed by atoms with E-state index in [-0.39, 0.29) is 6.42 Å². The van der Waals surface area contributed by atoms with Gasteiger partial charge in [0, 0.05) is 0 Å². The summed E-state index contributed by atoms with van der Waals surface area (Å²) in [5.74, 6) is -0.844. The Morgan fingerprint density at radius 1 is 1.46 bits per heavy atom. The molecule has 0 saturated carbocycles. The van der Waals surface area contributed by atoms with Gasteiger partial charge in [0.2, 0.25) is 0 Å². The first-order valence-corrected chi connectivity index (χ1v) is 4.25. The van der Waals surface area contributed by atoms with Gasteiger partial charge >= 0.3 is 5.97 Å². The van der Waals surface area contributed by atoms with Gasteiger partial charge in [0.1, 0.15) is 0 Å². The Kier molecular flexibility index (Phi) is 3.65. The summed E-state index contributed by atoms with van der Waals surface area (Å²) in [5, 5.41) is 11.7. The molecule has 13 heavy (non-hydrogen) atoms. The molecule has 1 aliphatic heterocycles. The van der Waals surface area contributed by atoms with E-state index in [4.69, 9.17) is 14.6 Å². The number of carbonyl (C=O) groups is 1. The molecule has 2 N–H and O–H groups in total. The third-order valence-electron chi connectivity index (χ3n) is 2.15. The van der Waals surface area contributed by atoms with Crippen LogP contribution in [0.2, 0.25) is 0 Å². The van der Waals surface area contributed by atoms with Gasteiger partial charge in [-0.2, -0.15) is 0 Å². The summed E-state index contributed by atoms with van der Waals surface area (Å²) in [4.78, 5) is 10.6. The molecule has 0 radical (unpaired) electrons. The number of nitrogens with one attached hydrogen (secondary N) is 1. The average Bonchev–Trinajstić information content (AvgIpc) is 2.30. The first-order chi connectivity index (χ1) is 6.18. The lowest BCUT2D eigenvalue weighted by molar-refractivity contribution is -0.139. The maximum atomic E-state index is 10.6. The Bertz CT molecular complexity index is 175. The minimum Gasteiger partial charge on any atom is -0.481 e. The minimum atomic E-state index is -0.844. The molecule has 0 aromatic carbocycles. The third kappa shape index (κ3) is 2.95. The van der Waals surface area contributed by atoms with Crippen LogP contribution in [0.4, 0.5) is 0 Å². The molecule has 1 aliphatic rings. The van der Waals surface area contributed by atoms with Gasteiger partial charge in [-0.25, -0.2) is 0 Å². The van der Waals surface area contributed by atoms with E-state index < -0.39 is 11.5 Å². The van der Waals surface area contributed by atoms with Crippen LogP contribution in [0.15, 0.2) is 0 Å². The van der Waals surface area contributed by atoms with Gasteiger partial charge in [-0.1, -0.05) is 0 Å². The van der Waals surface area contributed by atoms with Crippen LogP contribution in [0.5, 0.6) is 0 Å². The van der Waals surface area contributed by atoms with Crippen molar-refractivity contribution in [1.29, 1.82) is 0 Å². The summed E-state index contributed by atoms with van der Waals surface area (Å²) in [6, 6.07) is 0. The first-order valence-electron chi connectivity index (χ1n) is 4.25. The van der Waals surface area contributed by atoms with E-state index in [1.165, 1.54) is 0 Å². The van der Waals surface area contributed by atoms with E-state index in [0.29, 0.717) is 26.4 Å². The predicted molar refractivity (Wildman–Crippen MR) is 45.7 cm³/mol. The quantitative estimate of drug-likeness (QED) is 0.624. The van der Waals surface area contributed by atoms with E-state index in [1.54, 1.807) is 7.05 Å². The summed E-state index contributed by atoms with van der Waals surface area (Å²) in [7, 11) is 1.72. The molecule has 0 bridgehead atoms. The molecule has 0 spiro atoms. The lowest BCUT2D eigenvalue weighted by Crippen LogP contribution is -2.51. The van der Waals surface area contributed by atoms with Crippen molar-refractivity contribution >= 4 is 5.97 Å². The van der Waals surface area contributed by atoms with E-state index in [2.05, 4.69) is 5.32 Å². The zero-order valence-corrected chi connectivity index (χ0v) is 7.71. The topological polar surface area (TPSA) is 67.8 Å². The molecule has 0 aromatic rings. The Hall–Kier alpha value is -0.650. The van der Waals surface area contributed by atoms with Crippen LogP contribution in [-0.4, -0.2) is 50.1 Å². The molecular formula is C8H15NO4. The molecule has 0 unspecified atom stereocenters. The average molecular weight is 189 g/mol. The number of hydrogen-bond donors (Lipinski definition) is 2. The second kappa shape index (κ2) is 4.55. The van der Waals surface area contributed by atoms with Crippen LogP contribution in [0.25, 0.3) is 0 Å². The monoisotopic (exact) mass is 189 g/mol. The molecule has 76 valence electrons. The van der Waals surface area contributed by atoms with Crippen molar-refractivity contribution in [3.8, 4) is 0 Å². The highest BCUT2D eigenvalue weighted by atomic mass is 16.5. The lowest BCUT2D eigenvalue weighted by Gasteiger charge is -2.28. The van der Waals surface area contributed by atoms with Crippen molar-refractivity contribution in [3.05, 3.63) is 0 Å². The van der Waals surface area contributed by atoms with Crippen LogP contribution in [0.3, 0.4) is 0 Å². The fourth-order valence-electron chi connectivity index (χ4n) is 1.32. The van der Waals surface area contributed by atoms with Gasteiger partial charge in [0.05, 0.1) is 38.4 Å². The van der Waals surface area contributed by atoms with Crippen molar-refractivity contribution in [3.63, 3.8) is 0 Å². The molecule has 5 heteroatoms. The highest BCUT2D eigenvalue weighted by molar-refractivity contribution is 5.68. The highest BCUT2D eigenvalue weighted by Gasteiger charge is 2.33. The molecule has 1 saturated heterocycles. The van der Waals surface area contributed by atoms with Crippen molar-refractivity contribution in [2.75, 3.05) is 33.5 Å². The normalized spacial score (nSPS) is 22.2. The van der Waals surface area contributed by atoms with Crippen LogP contribution in [-0.2, 0) is 14.3 Å². The van der Waals surface area contributed by atoms with Gasteiger partial charge < -0.3 is 19.9 Å². The van der Waals surface area contributed by atoms with Gasteiger partial charge in [-0.3, -0.25) is 4.79 Å². The summed E-state index contributed by atoms with van der Waals surface area (Å²) < 4.78 is 10.5. The highest BCUT2D eigenvalue weighted by Crippen LogP contribution is 2.14. The third-order valence-corrected chi connectivity index (χ3v) is 2.15. The van der Waals surface area contributed by atoms with Crippen molar-refractivity contribution < 1.29 is 19.4 Å². The fourth-order valence-corrected chi connectivity index (χ4v) is 1.32. The van der Waals surface area contributed by atoms with Crippen molar-refractivity contribution in [2.45, 2.75) is 12.0 Å². The van der Waals surface area contributed by atoms with Crippen LogP contribution >= 0.6 is 0 Å². The zero-order valence-electron chi connectivity index (χ0n) is 7.71. The maximum Gasteiger partial charge on any atom is 0.305 e. The van der Waals surface area contributed by atoms with Crippen LogP contribution in [0, 0.1) is 0 Å². The Labute approximate surface area is 77.0 Å². The molecule has 0 aliphatic carbocycles. The minimum absolute atomic E-state index is 0.0174. The molecule has 0 aromatic heterocycles. The molecule has 0 amide bonds. The van der Waals surface area contributed by atoms with Gasteiger partial charge in [-0.05, 0) is 7.05 Å². The Morgan fingerprint density at radius 2 is 2.00 bits per heavy atom.